The van der Waals surface area contributed by atoms with E-state index in [2.05, 4.69) is 36.8 Å². The number of halogens is 4. The molecule has 1 aromatic heterocycles. The molecule has 0 aliphatic carbocycles. The summed E-state index contributed by atoms with van der Waals surface area (Å²) in [7, 11) is 0. The van der Waals surface area contributed by atoms with Crippen LogP contribution in [0.4, 0.5) is 0 Å². The highest BCUT2D eigenvalue weighted by atomic mass is 79.9. The van der Waals surface area contributed by atoms with Gasteiger partial charge in [-0.2, -0.15) is 0 Å². The molecule has 0 amide bonds. The van der Waals surface area contributed by atoms with Gasteiger partial charge in [0, 0.05) is 21.1 Å². The first-order chi connectivity index (χ1) is 6.59. The fourth-order valence-electron chi connectivity index (χ4n) is 1.17. The molecule has 2 aromatic rings. The number of hydrogen-bond acceptors (Lipinski definition) is 1. The first-order valence-corrected chi connectivity index (χ1v) is 6.02. The monoisotopic (exact) mass is 353 g/mol. The summed E-state index contributed by atoms with van der Waals surface area (Å²) < 4.78 is 1.61. The molecule has 1 aromatic carbocycles. The van der Waals surface area contributed by atoms with E-state index < -0.39 is 0 Å². The maximum Gasteiger partial charge on any atom is 0.0860 e. The number of hydrogen-bond donors (Lipinski definition) is 0. The summed E-state index contributed by atoms with van der Waals surface area (Å²) in [6.45, 7) is 0. The predicted molar refractivity (Wildman–Crippen MR) is 67.2 cm³/mol. The highest BCUT2D eigenvalue weighted by Gasteiger charge is 2.08. The topological polar surface area (TPSA) is 12.9 Å². The molecule has 5 heteroatoms. The van der Waals surface area contributed by atoms with E-state index in [1.807, 2.05) is 0 Å². The molecule has 0 bridgehead atoms. The fraction of sp³-hybridized carbons (Fsp3) is 0. The van der Waals surface area contributed by atoms with Crippen LogP contribution in [0.3, 0.4) is 0 Å². The maximum absolute atomic E-state index is 6.10. The van der Waals surface area contributed by atoms with Crippen LogP contribution in [0.5, 0.6) is 0 Å². The molecule has 0 radical (unpaired) electrons. The first-order valence-electron chi connectivity index (χ1n) is 3.68. The SMILES string of the molecule is Clc1cc(Br)c2ncc(Br)c(Cl)c2c1. The van der Waals surface area contributed by atoms with Crippen molar-refractivity contribution in [2.45, 2.75) is 0 Å². The third-order valence-electron chi connectivity index (χ3n) is 1.78. The van der Waals surface area contributed by atoms with Crippen LogP contribution < -0.4 is 0 Å². The lowest BCUT2D eigenvalue weighted by Crippen LogP contribution is -1.83. The van der Waals surface area contributed by atoms with Gasteiger partial charge in [-0.15, -0.1) is 0 Å². The summed E-state index contributed by atoms with van der Waals surface area (Å²) in [6.07, 6.45) is 1.67. The molecular formula is C9H3Br2Cl2N. The predicted octanol–water partition coefficient (Wildman–Crippen LogP) is 5.07. The molecular weight excluding hydrogens is 353 g/mol. The second-order valence-electron chi connectivity index (χ2n) is 2.70. The minimum atomic E-state index is 0.623. The summed E-state index contributed by atoms with van der Waals surface area (Å²) in [6, 6.07) is 3.59. The van der Waals surface area contributed by atoms with Gasteiger partial charge in [0.15, 0.2) is 0 Å². The Morgan fingerprint density at radius 3 is 2.50 bits per heavy atom. The zero-order valence-electron chi connectivity index (χ0n) is 6.69. The summed E-state index contributed by atoms with van der Waals surface area (Å²) in [4.78, 5) is 4.25. The summed E-state index contributed by atoms with van der Waals surface area (Å²) >= 11 is 18.7. The number of benzene rings is 1. The Labute approximate surface area is 108 Å². The molecule has 0 N–H and O–H groups in total. The summed E-state index contributed by atoms with van der Waals surface area (Å²) in [5, 5.41) is 2.09. The number of nitrogens with zero attached hydrogens (tertiary/aromatic N) is 1. The molecule has 0 atom stereocenters. The summed E-state index contributed by atoms with van der Waals surface area (Å²) in [5.41, 5.74) is 0.808. The van der Waals surface area contributed by atoms with E-state index in [9.17, 15) is 0 Å². The highest BCUT2D eigenvalue weighted by molar-refractivity contribution is 9.11. The van der Waals surface area contributed by atoms with Crippen molar-refractivity contribution in [3.63, 3.8) is 0 Å². The van der Waals surface area contributed by atoms with Crippen LogP contribution in [0.25, 0.3) is 10.9 Å². The third-order valence-corrected chi connectivity index (χ3v) is 3.84. The second-order valence-corrected chi connectivity index (χ2v) is 5.23. The van der Waals surface area contributed by atoms with Crippen LogP contribution in [-0.4, -0.2) is 4.98 Å². The van der Waals surface area contributed by atoms with E-state index in [1.54, 1.807) is 18.3 Å². The molecule has 0 saturated carbocycles. The van der Waals surface area contributed by atoms with Crippen molar-refractivity contribution < 1.29 is 0 Å². The van der Waals surface area contributed by atoms with E-state index in [0.717, 1.165) is 19.8 Å². The number of rotatable bonds is 0. The van der Waals surface area contributed by atoms with Crippen molar-refractivity contribution in [1.29, 1.82) is 0 Å². The van der Waals surface area contributed by atoms with Crippen LogP contribution in [0, 0.1) is 0 Å². The zero-order valence-corrected chi connectivity index (χ0v) is 11.4. The van der Waals surface area contributed by atoms with Crippen LogP contribution in [0.2, 0.25) is 10.0 Å². The van der Waals surface area contributed by atoms with E-state index in [1.165, 1.54) is 0 Å². The van der Waals surface area contributed by atoms with Crippen LogP contribution in [-0.2, 0) is 0 Å². The molecule has 72 valence electrons. The Hall–Kier alpha value is 0.170. The molecule has 0 unspecified atom stereocenters. The van der Waals surface area contributed by atoms with Gasteiger partial charge in [0.05, 0.1) is 15.0 Å². The van der Waals surface area contributed by atoms with Crippen LogP contribution in [0.1, 0.15) is 0 Å². The highest BCUT2D eigenvalue weighted by Crippen LogP contribution is 2.34. The quantitative estimate of drug-likeness (QED) is 0.643. The van der Waals surface area contributed by atoms with Gasteiger partial charge in [-0.3, -0.25) is 4.98 Å². The van der Waals surface area contributed by atoms with Gasteiger partial charge in [-0.1, -0.05) is 23.2 Å². The third kappa shape index (κ3) is 1.78. The molecule has 0 spiro atoms. The van der Waals surface area contributed by atoms with Gasteiger partial charge < -0.3 is 0 Å². The van der Waals surface area contributed by atoms with Crippen molar-refractivity contribution in [1.82, 2.24) is 4.98 Å². The standard InChI is InChI=1S/C9H3Br2Cl2N/c10-6-2-4(12)1-5-8(13)7(11)3-14-9(5)6/h1-3H. The maximum atomic E-state index is 6.10. The van der Waals surface area contributed by atoms with E-state index >= 15 is 0 Å². The van der Waals surface area contributed by atoms with Crippen molar-refractivity contribution in [2.75, 3.05) is 0 Å². The Balaban J connectivity index is 2.95. The number of pyridine rings is 1. The van der Waals surface area contributed by atoms with Gasteiger partial charge in [0.1, 0.15) is 0 Å². The second kappa shape index (κ2) is 3.97. The minimum Gasteiger partial charge on any atom is -0.254 e. The minimum absolute atomic E-state index is 0.623. The van der Waals surface area contributed by atoms with Crippen LogP contribution >= 0.6 is 55.1 Å². The van der Waals surface area contributed by atoms with E-state index in [0.29, 0.717) is 10.0 Å². The Morgan fingerprint density at radius 1 is 1.07 bits per heavy atom. The fourth-order valence-corrected chi connectivity index (χ4v) is 2.59. The smallest absolute Gasteiger partial charge is 0.0860 e. The normalized spacial score (nSPS) is 10.9. The largest absolute Gasteiger partial charge is 0.254 e. The lowest BCUT2D eigenvalue weighted by molar-refractivity contribution is 1.38. The van der Waals surface area contributed by atoms with Crippen molar-refractivity contribution in [3.8, 4) is 0 Å². The zero-order chi connectivity index (χ0) is 10.3. The lowest BCUT2D eigenvalue weighted by atomic mass is 10.2. The lowest BCUT2D eigenvalue weighted by Gasteiger charge is -2.04. The number of aromatic nitrogens is 1. The Kier molecular flexibility index (Phi) is 3.03. The Morgan fingerprint density at radius 2 is 1.79 bits per heavy atom. The first kappa shape index (κ1) is 10.7. The molecule has 14 heavy (non-hydrogen) atoms. The summed E-state index contributed by atoms with van der Waals surface area (Å²) in [5.74, 6) is 0. The van der Waals surface area contributed by atoms with Crippen LogP contribution in [0.15, 0.2) is 27.3 Å². The molecule has 0 saturated heterocycles. The number of fused-ring (bicyclic) bond motifs is 1. The molecule has 2 rings (SSSR count). The van der Waals surface area contributed by atoms with Gasteiger partial charge in [0.2, 0.25) is 0 Å². The molecule has 1 heterocycles. The molecule has 0 fully saturated rings. The molecule has 0 aliphatic heterocycles. The van der Waals surface area contributed by atoms with E-state index in [-0.39, 0.29) is 0 Å². The average Bonchev–Trinajstić information content (AvgIpc) is 2.12. The van der Waals surface area contributed by atoms with Gasteiger partial charge >= 0.3 is 0 Å². The van der Waals surface area contributed by atoms with Crippen molar-refractivity contribution >= 4 is 66.0 Å². The molecule has 0 aliphatic rings. The van der Waals surface area contributed by atoms with Gasteiger partial charge in [-0.25, -0.2) is 0 Å². The van der Waals surface area contributed by atoms with E-state index in [4.69, 9.17) is 23.2 Å². The Bertz CT molecular complexity index is 514. The van der Waals surface area contributed by atoms with Crippen molar-refractivity contribution in [2.24, 2.45) is 0 Å². The van der Waals surface area contributed by atoms with Gasteiger partial charge in [-0.05, 0) is 44.0 Å². The van der Waals surface area contributed by atoms with Crippen molar-refractivity contribution in [3.05, 3.63) is 37.3 Å². The van der Waals surface area contributed by atoms with Gasteiger partial charge in [0.25, 0.3) is 0 Å². The average molecular weight is 356 g/mol. The molecule has 1 nitrogen and oxygen atoms in total.